The SMILES string of the molecule is C[C@H]1C[C@@H](C(=O)NCC(C)(C)c2ccc(Cl)c(Cl)c2)CCN1. The standard InChI is InChI=1S/C17H24Cl2N2O/c1-11-8-12(6-7-20-11)16(22)21-10-17(2,3)13-4-5-14(18)15(19)9-13/h4-5,9,11-12,20H,6-8,10H2,1-3H3,(H,21,22)/t11-,12-/m0/s1. The van der Waals surface area contributed by atoms with Crippen LogP contribution in [0.15, 0.2) is 18.2 Å². The third-order valence-corrected chi connectivity index (χ3v) is 5.14. The van der Waals surface area contributed by atoms with Crippen molar-refractivity contribution < 1.29 is 4.79 Å². The predicted molar refractivity (Wildman–Crippen MR) is 92.7 cm³/mol. The van der Waals surface area contributed by atoms with E-state index >= 15 is 0 Å². The van der Waals surface area contributed by atoms with E-state index in [-0.39, 0.29) is 17.2 Å². The maximum atomic E-state index is 12.4. The van der Waals surface area contributed by atoms with Crippen LogP contribution >= 0.6 is 23.2 Å². The van der Waals surface area contributed by atoms with E-state index in [1.165, 1.54) is 0 Å². The van der Waals surface area contributed by atoms with Gasteiger partial charge in [-0.15, -0.1) is 0 Å². The Morgan fingerprint density at radius 1 is 1.36 bits per heavy atom. The molecule has 2 atom stereocenters. The number of benzene rings is 1. The fourth-order valence-electron chi connectivity index (χ4n) is 2.84. The Hall–Kier alpha value is -0.770. The summed E-state index contributed by atoms with van der Waals surface area (Å²) in [6, 6.07) is 6.06. The summed E-state index contributed by atoms with van der Waals surface area (Å²) in [6.45, 7) is 7.81. The third-order valence-electron chi connectivity index (χ3n) is 4.40. The molecule has 2 N–H and O–H groups in total. The summed E-state index contributed by atoms with van der Waals surface area (Å²) in [5.74, 6) is 0.266. The number of piperidine rings is 1. The molecule has 1 heterocycles. The Bertz CT molecular complexity index is 545. The van der Waals surface area contributed by atoms with Gasteiger partial charge in [0.25, 0.3) is 0 Å². The highest BCUT2D eigenvalue weighted by Crippen LogP contribution is 2.29. The average Bonchev–Trinajstić information content (AvgIpc) is 2.47. The fraction of sp³-hybridized carbons (Fsp3) is 0.588. The molecule has 1 fully saturated rings. The van der Waals surface area contributed by atoms with Crippen LogP contribution < -0.4 is 10.6 Å². The van der Waals surface area contributed by atoms with Crippen LogP contribution in [0.5, 0.6) is 0 Å². The van der Waals surface area contributed by atoms with E-state index in [1.54, 1.807) is 6.07 Å². The van der Waals surface area contributed by atoms with Gasteiger partial charge in [0.2, 0.25) is 5.91 Å². The van der Waals surface area contributed by atoms with Crippen molar-refractivity contribution in [2.24, 2.45) is 5.92 Å². The van der Waals surface area contributed by atoms with Crippen molar-refractivity contribution in [1.82, 2.24) is 10.6 Å². The number of amides is 1. The molecule has 0 aromatic heterocycles. The van der Waals surface area contributed by atoms with Crippen LogP contribution in [0.2, 0.25) is 10.0 Å². The minimum Gasteiger partial charge on any atom is -0.355 e. The van der Waals surface area contributed by atoms with Gasteiger partial charge in [-0.2, -0.15) is 0 Å². The molecule has 0 bridgehead atoms. The van der Waals surface area contributed by atoms with E-state index in [0.29, 0.717) is 22.6 Å². The number of rotatable bonds is 4. The lowest BCUT2D eigenvalue weighted by atomic mass is 9.84. The first kappa shape index (κ1) is 17.6. The molecule has 1 aromatic carbocycles. The molecule has 1 aliphatic heterocycles. The lowest BCUT2D eigenvalue weighted by Crippen LogP contribution is -2.45. The van der Waals surface area contributed by atoms with Gasteiger partial charge in [0.05, 0.1) is 10.0 Å². The highest BCUT2D eigenvalue weighted by Gasteiger charge is 2.27. The molecule has 22 heavy (non-hydrogen) atoms. The van der Waals surface area contributed by atoms with E-state index < -0.39 is 0 Å². The van der Waals surface area contributed by atoms with Gasteiger partial charge in [-0.3, -0.25) is 4.79 Å². The zero-order valence-corrected chi connectivity index (χ0v) is 14.9. The Labute approximate surface area is 142 Å². The molecule has 2 rings (SSSR count). The molecule has 0 saturated carbocycles. The second-order valence-electron chi connectivity index (χ2n) is 6.81. The van der Waals surface area contributed by atoms with Crippen molar-refractivity contribution in [2.75, 3.05) is 13.1 Å². The van der Waals surface area contributed by atoms with E-state index in [0.717, 1.165) is 24.9 Å². The summed E-state index contributed by atoms with van der Waals surface area (Å²) in [7, 11) is 0. The molecule has 0 radical (unpaired) electrons. The normalized spacial score (nSPS) is 22.4. The van der Waals surface area contributed by atoms with Crippen LogP contribution in [0.25, 0.3) is 0 Å². The molecule has 1 amide bonds. The number of nitrogens with one attached hydrogen (secondary N) is 2. The smallest absolute Gasteiger partial charge is 0.223 e. The van der Waals surface area contributed by atoms with E-state index in [2.05, 4.69) is 31.4 Å². The van der Waals surface area contributed by atoms with Gasteiger partial charge < -0.3 is 10.6 Å². The van der Waals surface area contributed by atoms with Gasteiger partial charge in [0.1, 0.15) is 0 Å². The topological polar surface area (TPSA) is 41.1 Å². The molecule has 0 unspecified atom stereocenters. The van der Waals surface area contributed by atoms with Crippen LogP contribution in [-0.2, 0) is 10.2 Å². The second-order valence-corrected chi connectivity index (χ2v) is 7.62. The van der Waals surface area contributed by atoms with Crippen molar-refractivity contribution >= 4 is 29.1 Å². The van der Waals surface area contributed by atoms with Crippen molar-refractivity contribution in [3.05, 3.63) is 33.8 Å². The largest absolute Gasteiger partial charge is 0.355 e. The van der Waals surface area contributed by atoms with Crippen molar-refractivity contribution in [2.45, 2.75) is 45.1 Å². The molecule has 122 valence electrons. The lowest BCUT2D eigenvalue weighted by Gasteiger charge is -2.30. The average molecular weight is 343 g/mol. The van der Waals surface area contributed by atoms with Gasteiger partial charge in [-0.1, -0.05) is 43.1 Å². The molecule has 1 aromatic rings. The van der Waals surface area contributed by atoms with Crippen LogP contribution in [0, 0.1) is 5.92 Å². The Morgan fingerprint density at radius 3 is 2.73 bits per heavy atom. The van der Waals surface area contributed by atoms with Crippen LogP contribution in [0.1, 0.15) is 39.2 Å². The van der Waals surface area contributed by atoms with Crippen LogP contribution in [0.4, 0.5) is 0 Å². The number of carbonyl (C=O) groups excluding carboxylic acids is 1. The van der Waals surface area contributed by atoms with E-state index in [1.807, 2.05) is 12.1 Å². The van der Waals surface area contributed by atoms with E-state index in [9.17, 15) is 4.79 Å². The van der Waals surface area contributed by atoms with Crippen molar-refractivity contribution in [3.8, 4) is 0 Å². The monoisotopic (exact) mass is 342 g/mol. The number of hydrogen-bond acceptors (Lipinski definition) is 2. The quantitative estimate of drug-likeness (QED) is 0.874. The van der Waals surface area contributed by atoms with Crippen molar-refractivity contribution in [3.63, 3.8) is 0 Å². The summed E-state index contributed by atoms with van der Waals surface area (Å²) in [4.78, 5) is 12.4. The fourth-order valence-corrected chi connectivity index (χ4v) is 3.14. The first-order chi connectivity index (χ1) is 10.3. The van der Waals surface area contributed by atoms with E-state index in [4.69, 9.17) is 23.2 Å². The maximum Gasteiger partial charge on any atom is 0.223 e. The molecule has 5 heteroatoms. The van der Waals surface area contributed by atoms with Gasteiger partial charge in [-0.25, -0.2) is 0 Å². The number of hydrogen-bond donors (Lipinski definition) is 2. The predicted octanol–water partition coefficient (Wildman–Crippen LogP) is 3.78. The zero-order valence-electron chi connectivity index (χ0n) is 13.4. The van der Waals surface area contributed by atoms with Gasteiger partial charge >= 0.3 is 0 Å². The molecule has 0 spiro atoms. The molecule has 0 aliphatic carbocycles. The maximum absolute atomic E-state index is 12.4. The lowest BCUT2D eigenvalue weighted by molar-refractivity contribution is -0.126. The summed E-state index contributed by atoms with van der Waals surface area (Å²) < 4.78 is 0. The number of carbonyl (C=O) groups is 1. The summed E-state index contributed by atoms with van der Waals surface area (Å²) in [5, 5.41) is 7.57. The van der Waals surface area contributed by atoms with Gasteiger partial charge in [0.15, 0.2) is 0 Å². The van der Waals surface area contributed by atoms with Gasteiger partial charge in [-0.05, 0) is 44.0 Å². The third kappa shape index (κ3) is 4.37. The molecular weight excluding hydrogens is 319 g/mol. The molecule has 1 saturated heterocycles. The summed E-state index contributed by atoms with van der Waals surface area (Å²) >= 11 is 12.1. The Morgan fingerprint density at radius 2 is 2.09 bits per heavy atom. The molecule has 1 aliphatic rings. The highest BCUT2D eigenvalue weighted by atomic mass is 35.5. The highest BCUT2D eigenvalue weighted by molar-refractivity contribution is 6.42. The minimum absolute atomic E-state index is 0.112. The Kier molecular flexibility index (Phi) is 5.76. The second kappa shape index (κ2) is 7.20. The van der Waals surface area contributed by atoms with Crippen LogP contribution in [-0.4, -0.2) is 25.0 Å². The first-order valence-electron chi connectivity index (χ1n) is 7.76. The van der Waals surface area contributed by atoms with Crippen LogP contribution in [0.3, 0.4) is 0 Å². The van der Waals surface area contributed by atoms with Gasteiger partial charge in [0, 0.05) is 23.9 Å². The van der Waals surface area contributed by atoms with Crippen molar-refractivity contribution in [1.29, 1.82) is 0 Å². The minimum atomic E-state index is -0.192. The number of halogens is 2. The zero-order chi connectivity index (χ0) is 16.3. The molecular formula is C17H24Cl2N2O. The summed E-state index contributed by atoms with van der Waals surface area (Å²) in [6.07, 6.45) is 1.81. The Balaban J connectivity index is 1.96. The summed E-state index contributed by atoms with van der Waals surface area (Å²) in [5.41, 5.74) is 0.878. The molecule has 3 nitrogen and oxygen atoms in total. The first-order valence-corrected chi connectivity index (χ1v) is 8.52.